The zero-order valence-corrected chi connectivity index (χ0v) is 21.0. The Labute approximate surface area is 208 Å². The SMILES string of the molecule is CC1(C)SCCN(S(=O)(=O)c2ccc(OCc3nc4cc(C(F)(F)F)ccc4s3)cc2)[C@H]1C(=O)O. The number of halogens is 3. The molecule has 1 aliphatic rings. The van der Waals surface area contributed by atoms with E-state index in [1.54, 1.807) is 13.8 Å². The number of benzene rings is 2. The molecule has 2 aromatic carbocycles. The number of carbonyl (C=O) groups is 1. The highest BCUT2D eigenvalue weighted by atomic mass is 32.2. The molecule has 1 saturated heterocycles. The predicted octanol–water partition coefficient (Wildman–Crippen LogP) is 4.86. The first kappa shape index (κ1) is 25.7. The van der Waals surface area contributed by atoms with E-state index in [-0.39, 0.29) is 23.6 Å². The fourth-order valence-electron chi connectivity index (χ4n) is 3.83. The number of thioether (sulfide) groups is 1. The molecule has 0 amide bonds. The lowest BCUT2D eigenvalue weighted by Gasteiger charge is -2.42. The average Bonchev–Trinajstić information content (AvgIpc) is 3.18. The smallest absolute Gasteiger partial charge is 0.416 e. The highest BCUT2D eigenvalue weighted by molar-refractivity contribution is 8.00. The fourth-order valence-corrected chi connectivity index (χ4v) is 7.79. The summed E-state index contributed by atoms with van der Waals surface area (Å²) in [4.78, 5) is 16.0. The monoisotopic (exact) mass is 546 g/mol. The number of aliphatic carboxylic acids is 1. The number of ether oxygens (including phenoxy) is 1. The van der Waals surface area contributed by atoms with Gasteiger partial charge in [0.1, 0.15) is 23.4 Å². The Bertz CT molecular complexity index is 1350. The molecule has 0 aliphatic carbocycles. The van der Waals surface area contributed by atoms with Crippen molar-refractivity contribution in [2.45, 2.75) is 42.3 Å². The van der Waals surface area contributed by atoms with Gasteiger partial charge in [-0.25, -0.2) is 13.4 Å². The Morgan fingerprint density at radius 2 is 1.91 bits per heavy atom. The van der Waals surface area contributed by atoms with Crippen LogP contribution in [-0.2, 0) is 27.6 Å². The minimum absolute atomic E-state index is 0.00851. The van der Waals surface area contributed by atoms with E-state index < -0.39 is 38.5 Å². The topological polar surface area (TPSA) is 96.8 Å². The molecule has 3 aromatic rings. The lowest BCUT2D eigenvalue weighted by Crippen LogP contribution is -2.58. The Morgan fingerprint density at radius 1 is 1.23 bits per heavy atom. The van der Waals surface area contributed by atoms with Crippen LogP contribution in [0.2, 0.25) is 0 Å². The number of rotatable bonds is 6. The molecule has 1 aliphatic heterocycles. The van der Waals surface area contributed by atoms with Gasteiger partial charge in [-0.3, -0.25) is 4.79 Å². The van der Waals surface area contributed by atoms with Crippen LogP contribution in [0.15, 0.2) is 47.4 Å². The number of fused-ring (bicyclic) bond motifs is 1. The molecule has 2 heterocycles. The second kappa shape index (κ2) is 9.26. The number of nitrogens with zero attached hydrogens (tertiary/aromatic N) is 2. The number of hydrogen-bond acceptors (Lipinski definition) is 7. The van der Waals surface area contributed by atoms with Gasteiger partial charge in [-0.2, -0.15) is 29.2 Å². The highest BCUT2D eigenvalue weighted by Gasteiger charge is 2.48. The first-order valence-corrected chi connectivity index (χ1v) is 13.6. The fraction of sp³-hybridized carbons (Fsp3) is 0.364. The summed E-state index contributed by atoms with van der Waals surface area (Å²) in [5.41, 5.74) is -0.555. The number of carboxylic acids is 1. The van der Waals surface area contributed by atoms with Crippen molar-refractivity contribution in [2.24, 2.45) is 0 Å². The van der Waals surface area contributed by atoms with Crippen LogP contribution in [0, 0.1) is 0 Å². The first-order valence-electron chi connectivity index (χ1n) is 10.4. The van der Waals surface area contributed by atoms with E-state index in [0.29, 0.717) is 21.2 Å². The van der Waals surface area contributed by atoms with Crippen molar-refractivity contribution >= 4 is 49.3 Å². The van der Waals surface area contributed by atoms with Gasteiger partial charge in [-0.15, -0.1) is 11.3 Å². The van der Waals surface area contributed by atoms with Crippen LogP contribution >= 0.6 is 23.1 Å². The van der Waals surface area contributed by atoms with Gasteiger partial charge in [0, 0.05) is 17.0 Å². The minimum atomic E-state index is -4.45. The molecule has 0 bridgehead atoms. The molecule has 0 spiro atoms. The van der Waals surface area contributed by atoms with Crippen LogP contribution in [-0.4, -0.2) is 51.9 Å². The Morgan fingerprint density at radius 3 is 2.54 bits per heavy atom. The van der Waals surface area contributed by atoms with Crippen molar-refractivity contribution in [1.82, 2.24) is 9.29 Å². The summed E-state index contributed by atoms with van der Waals surface area (Å²) in [5.74, 6) is -0.392. The molecule has 13 heteroatoms. The van der Waals surface area contributed by atoms with Crippen LogP contribution in [0.4, 0.5) is 13.2 Å². The van der Waals surface area contributed by atoms with E-state index in [2.05, 4.69) is 4.98 Å². The number of hydrogen-bond donors (Lipinski definition) is 1. The van der Waals surface area contributed by atoms with Gasteiger partial charge in [0.25, 0.3) is 0 Å². The molecule has 0 radical (unpaired) electrons. The van der Waals surface area contributed by atoms with Gasteiger partial charge in [0.05, 0.1) is 20.7 Å². The van der Waals surface area contributed by atoms with E-state index in [1.165, 1.54) is 53.4 Å². The van der Waals surface area contributed by atoms with E-state index >= 15 is 0 Å². The summed E-state index contributed by atoms with van der Waals surface area (Å²) in [6, 6.07) is 7.71. The van der Waals surface area contributed by atoms with E-state index in [9.17, 15) is 31.5 Å². The number of sulfonamides is 1. The van der Waals surface area contributed by atoms with Gasteiger partial charge in [-0.1, -0.05) is 0 Å². The Kier molecular flexibility index (Phi) is 6.81. The molecule has 7 nitrogen and oxygen atoms in total. The molecule has 1 N–H and O–H groups in total. The lowest BCUT2D eigenvalue weighted by atomic mass is 10.0. The van der Waals surface area contributed by atoms with Crippen LogP contribution in [0.3, 0.4) is 0 Å². The van der Waals surface area contributed by atoms with Crippen LogP contribution in [0.25, 0.3) is 10.2 Å². The summed E-state index contributed by atoms with van der Waals surface area (Å²) in [5, 5.41) is 10.2. The third kappa shape index (κ3) is 5.27. The van der Waals surface area contributed by atoms with Crippen LogP contribution in [0.5, 0.6) is 5.75 Å². The Balaban J connectivity index is 1.48. The maximum atomic E-state index is 13.2. The van der Waals surface area contributed by atoms with Crippen molar-refractivity contribution in [1.29, 1.82) is 0 Å². The molecule has 1 atom stereocenters. The number of alkyl halides is 3. The van der Waals surface area contributed by atoms with Gasteiger partial charge in [0.2, 0.25) is 10.0 Å². The maximum Gasteiger partial charge on any atom is 0.416 e. The first-order chi connectivity index (χ1) is 16.3. The van der Waals surface area contributed by atoms with E-state index in [0.717, 1.165) is 16.4 Å². The maximum absolute atomic E-state index is 13.2. The van der Waals surface area contributed by atoms with Gasteiger partial charge < -0.3 is 9.84 Å². The number of thiazole rings is 1. The predicted molar refractivity (Wildman–Crippen MR) is 127 cm³/mol. The van der Waals surface area contributed by atoms with Gasteiger partial charge in [0.15, 0.2) is 0 Å². The Hall–Kier alpha value is -2.35. The van der Waals surface area contributed by atoms with Crippen molar-refractivity contribution in [3.8, 4) is 5.75 Å². The summed E-state index contributed by atoms with van der Waals surface area (Å²) in [7, 11) is -4.06. The van der Waals surface area contributed by atoms with Crippen molar-refractivity contribution in [3.05, 3.63) is 53.0 Å². The van der Waals surface area contributed by atoms with Crippen molar-refractivity contribution < 1.29 is 36.2 Å². The molecule has 0 unspecified atom stereocenters. The zero-order chi connectivity index (χ0) is 25.6. The molecular formula is C22H21F3N2O5S3. The van der Waals surface area contributed by atoms with Gasteiger partial charge in [-0.05, 0) is 56.3 Å². The largest absolute Gasteiger partial charge is 0.486 e. The number of carboxylic acid groups (broad SMARTS) is 1. The molecule has 188 valence electrons. The average molecular weight is 547 g/mol. The zero-order valence-electron chi connectivity index (χ0n) is 18.6. The minimum Gasteiger partial charge on any atom is -0.486 e. The van der Waals surface area contributed by atoms with Crippen molar-refractivity contribution in [3.63, 3.8) is 0 Å². The normalized spacial score (nSPS) is 19.1. The third-order valence-corrected chi connectivity index (χ3v) is 9.76. The van der Waals surface area contributed by atoms with E-state index in [4.69, 9.17) is 4.74 Å². The van der Waals surface area contributed by atoms with E-state index in [1.807, 2.05) is 0 Å². The quantitative estimate of drug-likeness (QED) is 0.472. The lowest BCUT2D eigenvalue weighted by molar-refractivity contribution is -0.142. The third-order valence-electron chi connectivity index (χ3n) is 5.52. The van der Waals surface area contributed by atoms with Crippen LogP contribution < -0.4 is 4.74 Å². The summed E-state index contributed by atoms with van der Waals surface area (Å²) >= 11 is 2.62. The molecular weight excluding hydrogens is 525 g/mol. The second-order valence-electron chi connectivity index (χ2n) is 8.36. The second-order valence-corrected chi connectivity index (χ2v) is 13.1. The summed E-state index contributed by atoms with van der Waals surface area (Å²) in [6.07, 6.45) is -4.45. The molecule has 1 aromatic heterocycles. The molecule has 0 saturated carbocycles. The summed E-state index contributed by atoms with van der Waals surface area (Å²) < 4.78 is 71.6. The number of aromatic nitrogens is 1. The standard InChI is InChI=1S/C22H21F3N2O5S3/c1-21(2)19(20(28)29)27(9-10-33-21)35(30,31)15-6-4-14(5-7-15)32-12-18-26-16-11-13(22(23,24)25)3-8-17(16)34-18/h3-8,11,19H,9-10,12H2,1-2H3,(H,28,29)/t19-/m0/s1. The molecule has 1 fully saturated rings. The highest BCUT2D eigenvalue weighted by Crippen LogP contribution is 2.38. The van der Waals surface area contributed by atoms with Gasteiger partial charge >= 0.3 is 12.1 Å². The summed E-state index contributed by atoms with van der Waals surface area (Å²) in [6.45, 7) is 3.49. The molecule has 35 heavy (non-hydrogen) atoms. The van der Waals surface area contributed by atoms with Crippen molar-refractivity contribution in [2.75, 3.05) is 12.3 Å². The van der Waals surface area contributed by atoms with Crippen LogP contribution in [0.1, 0.15) is 24.4 Å². The molecule has 4 rings (SSSR count).